The number of carbonyl (C=O) groups excluding carboxylic acids is 1. The molecule has 0 atom stereocenters. The number of amides is 1. The number of halogens is 2. The molecule has 0 aliphatic carbocycles. The van der Waals surface area contributed by atoms with E-state index in [-0.39, 0.29) is 10.6 Å². The third-order valence-corrected chi connectivity index (χ3v) is 4.18. The van der Waals surface area contributed by atoms with Crippen LogP contribution < -0.4 is 10.1 Å². The molecule has 0 bridgehead atoms. The Kier molecular flexibility index (Phi) is 4.95. The summed E-state index contributed by atoms with van der Waals surface area (Å²) in [5.41, 5.74) is 2.42. The number of carbonyl (C=O) groups is 1. The highest BCUT2D eigenvalue weighted by molar-refractivity contribution is 6.34. The highest BCUT2D eigenvalue weighted by Crippen LogP contribution is 2.28. The van der Waals surface area contributed by atoms with E-state index in [0.29, 0.717) is 17.1 Å². The average molecular weight is 374 g/mol. The van der Waals surface area contributed by atoms with Gasteiger partial charge in [0.15, 0.2) is 5.82 Å². The topological polar surface area (TPSA) is 56.1 Å². The van der Waals surface area contributed by atoms with Crippen LogP contribution in [0.15, 0.2) is 42.5 Å². The second kappa shape index (κ2) is 7.17. The van der Waals surface area contributed by atoms with Gasteiger partial charge in [-0.15, -0.1) is 0 Å². The van der Waals surface area contributed by atoms with Gasteiger partial charge in [0.1, 0.15) is 17.0 Å². The number of aryl methyl sites for hydroxylation is 2. The van der Waals surface area contributed by atoms with E-state index < -0.39 is 11.7 Å². The van der Waals surface area contributed by atoms with Gasteiger partial charge >= 0.3 is 0 Å². The summed E-state index contributed by atoms with van der Waals surface area (Å²) in [4.78, 5) is 12.5. The van der Waals surface area contributed by atoms with Gasteiger partial charge in [0.2, 0.25) is 0 Å². The van der Waals surface area contributed by atoms with Crippen LogP contribution in [-0.4, -0.2) is 22.8 Å². The minimum Gasteiger partial charge on any atom is -0.496 e. The number of hydrogen-bond donors (Lipinski definition) is 1. The van der Waals surface area contributed by atoms with Gasteiger partial charge in [-0.3, -0.25) is 4.79 Å². The van der Waals surface area contributed by atoms with Crippen molar-refractivity contribution in [3.8, 4) is 11.4 Å². The van der Waals surface area contributed by atoms with E-state index >= 15 is 0 Å². The predicted octanol–water partition coefficient (Wildman–Crippen LogP) is 4.54. The van der Waals surface area contributed by atoms with E-state index in [1.165, 1.54) is 17.9 Å². The van der Waals surface area contributed by atoms with Gasteiger partial charge in [0.25, 0.3) is 5.91 Å². The molecule has 134 valence electrons. The van der Waals surface area contributed by atoms with Gasteiger partial charge < -0.3 is 10.1 Å². The van der Waals surface area contributed by atoms with Crippen LogP contribution in [0.4, 0.5) is 10.1 Å². The Bertz CT molecular complexity index is 985. The molecule has 0 aliphatic heterocycles. The summed E-state index contributed by atoms with van der Waals surface area (Å²) < 4.78 is 21.2. The Morgan fingerprint density at radius 1 is 1.23 bits per heavy atom. The third-order valence-electron chi connectivity index (χ3n) is 3.87. The molecule has 0 aliphatic rings. The fraction of sp³-hybridized carbons (Fsp3) is 0.158. The van der Waals surface area contributed by atoms with Crippen molar-refractivity contribution < 1.29 is 13.9 Å². The molecule has 0 fully saturated rings. The maximum Gasteiger partial charge on any atom is 0.260 e. The van der Waals surface area contributed by atoms with Crippen LogP contribution in [0.3, 0.4) is 0 Å². The lowest BCUT2D eigenvalue weighted by Crippen LogP contribution is -2.14. The molecule has 3 aromatic rings. The summed E-state index contributed by atoms with van der Waals surface area (Å²) in [7, 11) is 1.45. The number of ether oxygens (including phenoxy) is 1. The summed E-state index contributed by atoms with van der Waals surface area (Å²) >= 11 is 6.10. The number of aromatic nitrogens is 2. The van der Waals surface area contributed by atoms with Crippen molar-refractivity contribution in [3.63, 3.8) is 0 Å². The molecule has 1 aromatic heterocycles. The van der Waals surface area contributed by atoms with E-state index in [0.717, 1.165) is 11.4 Å². The molecule has 5 nitrogen and oxygen atoms in total. The first kappa shape index (κ1) is 17.9. The first-order valence-electron chi connectivity index (χ1n) is 7.87. The summed E-state index contributed by atoms with van der Waals surface area (Å²) in [6, 6.07) is 11.2. The highest BCUT2D eigenvalue weighted by atomic mass is 35.5. The molecule has 7 heteroatoms. The van der Waals surface area contributed by atoms with E-state index in [1.807, 2.05) is 19.9 Å². The molecule has 0 unspecified atom stereocenters. The molecular formula is C19H17ClFN3O2. The summed E-state index contributed by atoms with van der Waals surface area (Å²) in [6.07, 6.45) is 0. The molecule has 1 N–H and O–H groups in total. The standard InChI is InChI=1S/C19H17ClFN3O2/c1-11-9-12(2)24(23-11)16-8-7-13(10-15(16)21)22-19(25)18-14(20)5-4-6-17(18)26-3/h4-10H,1-3H3,(H,22,25). The van der Waals surface area contributed by atoms with Crippen LogP contribution in [0, 0.1) is 19.7 Å². The van der Waals surface area contributed by atoms with Crippen molar-refractivity contribution in [2.24, 2.45) is 0 Å². The maximum absolute atomic E-state index is 14.5. The Morgan fingerprint density at radius 2 is 2.00 bits per heavy atom. The Hall–Kier alpha value is -2.86. The summed E-state index contributed by atoms with van der Waals surface area (Å²) in [5.74, 6) is -0.638. The SMILES string of the molecule is COc1cccc(Cl)c1C(=O)Nc1ccc(-n2nc(C)cc2C)c(F)c1. The first-order chi connectivity index (χ1) is 12.4. The Morgan fingerprint density at radius 3 is 2.62 bits per heavy atom. The van der Waals surface area contributed by atoms with Crippen LogP contribution in [-0.2, 0) is 0 Å². The largest absolute Gasteiger partial charge is 0.496 e. The molecule has 0 spiro atoms. The lowest BCUT2D eigenvalue weighted by atomic mass is 10.1. The fourth-order valence-electron chi connectivity index (χ4n) is 2.72. The Labute approximate surface area is 155 Å². The molecule has 1 heterocycles. The van der Waals surface area contributed by atoms with Gasteiger partial charge in [-0.2, -0.15) is 5.10 Å². The van der Waals surface area contributed by atoms with Gasteiger partial charge in [0.05, 0.1) is 17.8 Å². The normalized spacial score (nSPS) is 10.7. The minimum absolute atomic E-state index is 0.194. The Balaban J connectivity index is 1.89. The maximum atomic E-state index is 14.5. The number of anilines is 1. The number of hydrogen-bond acceptors (Lipinski definition) is 3. The lowest BCUT2D eigenvalue weighted by molar-refractivity contribution is 0.102. The van der Waals surface area contributed by atoms with E-state index in [4.69, 9.17) is 16.3 Å². The molecule has 0 radical (unpaired) electrons. The monoisotopic (exact) mass is 373 g/mol. The van der Waals surface area contributed by atoms with Crippen molar-refractivity contribution >= 4 is 23.2 Å². The number of nitrogens with one attached hydrogen (secondary N) is 1. The lowest BCUT2D eigenvalue weighted by Gasteiger charge is -2.12. The zero-order valence-electron chi connectivity index (χ0n) is 14.5. The predicted molar refractivity (Wildman–Crippen MR) is 99.0 cm³/mol. The van der Waals surface area contributed by atoms with Crippen LogP contribution in [0.5, 0.6) is 5.75 Å². The van der Waals surface area contributed by atoms with Crippen molar-refractivity contribution in [2.45, 2.75) is 13.8 Å². The molecule has 26 heavy (non-hydrogen) atoms. The molecule has 0 saturated carbocycles. The zero-order valence-corrected chi connectivity index (χ0v) is 15.3. The molecule has 0 saturated heterocycles. The first-order valence-corrected chi connectivity index (χ1v) is 8.25. The van der Waals surface area contributed by atoms with Crippen LogP contribution in [0.2, 0.25) is 5.02 Å². The molecule has 1 amide bonds. The van der Waals surface area contributed by atoms with E-state index in [9.17, 15) is 9.18 Å². The van der Waals surface area contributed by atoms with E-state index in [1.54, 1.807) is 30.3 Å². The quantitative estimate of drug-likeness (QED) is 0.730. The van der Waals surface area contributed by atoms with E-state index in [2.05, 4.69) is 10.4 Å². The van der Waals surface area contributed by atoms with Gasteiger partial charge in [-0.05, 0) is 50.2 Å². The van der Waals surface area contributed by atoms with Crippen molar-refractivity contribution in [2.75, 3.05) is 12.4 Å². The number of nitrogens with zero attached hydrogens (tertiary/aromatic N) is 2. The van der Waals surface area contributed by atoms with Gasteiger partial charge in [0, 0.05) is 11.4 Å². The van der Waals surface area contributed by atoms with Gasteiger partial charge in [-0.1, -0.05) is 17.7 Å². The van der Waals surface area contributed by atoms with Crippen LogP contribution in [0.1, 0.15) is 21.7 Å². The summed E-state index contributed by atoms with van der Waals surface area (Å²) in [6.45, 7) is 3.69. The molecular weight excluding hydrogens is 357 g/mol. The van der Waals surface area contributed by atoms with Crippen LogP contribution in [0.25, 0.3) is 5.69 Å². The van der Waals surface area contributed by atoms with Gasteiger partial charge in [-0.25, -0.2) is 9.07 Å². The molecule has 2 aromatic carbocycles. The van der Waals surface area contributed by atoms with Crippen LogP contribution >= 0.6 is 11.6 Å². The third kappa shape index (κ3) is 3.41. The number of methoxy groups -OCH3 is 1. The summed E-state index contributed by atoms with van der Waals surface area (Å²) in [5, 5.41) is 7.16. The fourth-order valence-corrected chi connectivity index (χ4v) is 2.97. The average Bonchev–Trinajstić information content (AvgIpc) is 2.92. The second-order valence-electron chi connectivity index (χ2n) is 5.78. The smallest absolute Gasteiger partial charge is 0.260 e. The van der Waals surface area contributed by atoms with Crippen molar-refractivity contribution in [3.05, 3.63) is 70.3 Å². The van der Waals surface area contributed by atoms with Crippen molar-refractivity contribution in [1.29, 1.82) is 0 Å². The minimum atomic E-state index is -0.500. The second-order valence-corrected chi connectivity index (χ2v) is 6.18. The molecule has 3 rings (SSSR count). The zero-order chi connectivity index (χ0) is 18.8. The van der Waals surface area contributed by atoms with Crippen molar-refractivity contribution in [1.82, 2.24) is 9.78 Å². The highest BCUT2D eigenvalue weighted by Gasteiger charge is 2.17. The number of rotatable bonds is 4. The number of benzene rings is 2.